The lowest BCUT2D eigenvalue weighted by Crippen LogP contribution is -2.43. The average Bonchev–Trinajstić information content (AvgIpc) is 2.96. The molecule has 1 atom stereocenters. The van der Waals surface area contributed by atoms with Crippen LogP contribution in [0.1, 0.15) is 18.8 Å². The predicted octanol–water partition coefficient (Wildman–Crippen LogP) is 1.77. The molecule has 1 aromatic carbocycles. The lowest BCUT2D eigenvalue weighted by atomic mass is 10.1. The second-order valence-electron chi connectivity index (χ2n) is 5.37. The van der Waals surface area contributed by atoms with Crippen molar-refractivity contribution >= 4 is 5.91 Å². The van der Waals surface area contributed by atoms with Crippen molar-refractivity contribution in [2.24, 2.45) is 0 Å². The summed E-state index contributed by atoms with van der Waals surface area (Å²) in [6.45, 7) is 2.94. The van der Waals surface area contributed by atoms with Gasteiger partial charge in [-0.3, -0.25) is 9.36 Å². The minimum atomic E-state index is -0.962. The molecular weight excluding hydrogens is 306 g/mol. The van der Waals surface area contributed by atoms with Crippen LogP contribution in [0.4, 0.5) is 8.78 Å². The van der Waals surface area contributed by atoms with E-state index in [4.69, 9.17) is 4.74 Å². The molecule has 0 spiro atoms. The predicted molar refractivity (Wildman–Crippen MR) is 77.4 cm³/mol. The van der Waals surface area contributed by atoms with Crippen LogP contribution < -0.4 is 0 Å². The first-order chi connectivity index (χ1) is 11.0. The quantitative estimate of drug-likeness (QED) is 0.861. The Kier molecular flexibility index (Phi) is 4.08. The molecule has 0 unspecified atom stereocenters. The molecule has 122 valence electrons. The van der Waals surface area contributed by atoms with Gasteiger partial charge in [-0.15, -0.1) is 10.2 Å². The number of carbonyl (C=O) groups excluding carboxylic acids is 1. The molecule has 1 amide bonds. The lowest BCUT2D eigenvalue weighted by molar-refractivity contribution is -0.137. The summed E-state index contributed by atoms with van der Waals surface area (Å²) < 4.78 is 33.2. The maximum absolute atomic E-state index is 13.5. The summed E-state index contributed by atoms with van der Waals surface area (Å²) in [7, 11) is 1.57. The zero-order chi connectivity index (χ0) is 16.6. The van der Waals surface area contributed by atoms with Gasteiger partial charge in [0.25, 0.3) is 0 Å². The van der Waals surface area contributed by atoms with Crippen LogP contribution in [0.25, 0.3) is 11.4 Å². The Bertz CT molecular complexity index is 747. The van der Waals surface area contributed by atoms with Crippen molar-refractivity contribution in [3.05, 3.63) is 35.7 Å². The number of carbonyl (C=O) groups is 1. The van der Waals surface area contributed by atoms with Crippen molar-refractivity contribution in [3.8, 4) is 11.4 Å². The highest BCUT2D eigenvalue weighted by Crippen LogP contribution is 2.28. The van der Waals surface area contributed by atoms with Gasteiger partial charge in [0, 0.05) is 19.2 Å². The SMILES string of the molecule is COCCN1Cc2nnc(-c3ccc(F)c(F)c3)n2[C@@H](C)C1=O. The molecule has 0 saturated heterocycles. The Labute approximate surface area is 131 Å². The Hall–Kier alpha value is -2.35. The third kappa shape index (κ3) is 2.70. The van der Waals surface area contributed by atoms with Gasteiger partial charge < -0.3 is 9.64 Å². The Morgan fingerprint density at radius 3 is 2.78 bits per heavy atom. The standard InChI is InChI=1S/C15H16F2N4O2/c1-9-15(22)20(5-6-23-2)8-13-18-19-14(21(9)13)10-3-4-11(16)12(17)7-10/h3-4,7,9H,5-6,8H2,1-2H3/t9-/m0/s1. The molecule has 2 aromatic rings. The highest BCUT2D eigenvalue weighted by Gasteiger charge is 2.33. The van der Waals surface area contributed by atoms with Crippen LogP contribution in [0.5, 0.6) is 0 Å². The van der Waals surface area contributed by atoms with Gasteiger partial charge in [0.15, 0.2) is 23.3 Å². The highest BCUT2D eigenvalue weighted by atomic mass is 19.2. The van der Waals surface area contributed by atoms with Gasteiger partial charge in [-0.25, -0.2) is 8.78 Å². The summed E-state index contributed by atoms with van der Waals surface area (Å²) in [5, 5.41) is 8.14. The van der Waals surface area contributed by atoms with Crippen LogP contribution in [0.15, 0.2) is 18.2 Å². The first kappa shape index (κ1) is 15.5. The molecule has 0 radical (unpaired) electrons. The maximum atomic E-state index is 13.5. The maximum Gasteiger partial charge on any atom is 0.245 e. The molecule has 0 N–H and O–H groups in total. The summed E-state index contributed by atoms with van der Waals surface area (Å²) in [6, 6.07) is 2.99. The second kappa shape index (κ2) is 6.04. The van der Waals surface area contributed by atoms with E-state index >= 15 is 0 Å². The van der Waals surface area contributed by atoms with Gasteiger partial charge in [-0.1, -0.05) is 0 Å². The van der Waals surface area contributed by atoms with Crippen LogP contribution in [-0.4, -0.2) is 45.8 Å². The molecule has 6 nitrogen and oxygen atoms in total. The largest absolute Gasteiger partial charge is 0.383 e. The summed E-state index contributed by atoms with van der Waals surface area (Å²) in [5.74, 6) is -1.02. The van der Waals surface area contributed by atoms with Crippen LogP contribution in [0, 0.1) is 11.6 Å². The zero-order valence-corrected chi connectivity index (χ0v) is 12.8. The fourth-order valence-electron chi connectivity index (χ4n) is 2.68. The fourth-order valence-corrected chi connectivity index (χ4v) is 2.68. The van der Waals surface area contributed by atoms with Crippen LogP contribution >= 0.6 is 0 Å². The van der Waals surface area contributed by atoms with E-state index in [-0.39, 0.29) is 5.91 Å². The van der Waals surface area contributed by atoms with E-state index in [2.05, 4.69) is 10.2 Å². The van der Waals surface area contributed by atoms with Crippen molar-refractivity contribution in [2.75, 3.05) is 20.3 Å². The fraction of sp³-hybridized carbons (Fsp3) is 0.400. The number of rotatable bonds is 4. The summed E-state index contributed by atoms with van der Waals surface area (Å²) in [5.41, 5.74) is 0.382. The summed E-state index contributed by atoms with van der Waals surface area (Å²) >= 11 is 0. The lowest BCUT2D eigenvalue weighted by Gasteiger charge is -2.31. The highest BCUT2D eigenvalue weighted by molar-refractivity contribution is 5.82. The smallest absolute Gasteiger partial charge is 0.245 e. The number of benzene rings is 1. The molecule has 3 rings (SSSR count). The van der Waals surface area contributed by atoms with Crippen molar-refractivity contribution in [3.63, 3.8) is 0 Å². The van der Waals surface area contributed by atoms with E-state index < -0.39 is 17.7 Å². The first-order valence-corrected chi connectivity index (χ1v) is 7.20. The van der Waals surface area contributed by atoms with E-state index in [9.17, 15) is 13.6 Å². The zero-order valence-electron chi connectivity index (χ0n) is 12.8. The number of nitrogens with zero attached hydrogens (tertiary/aromatic N) is 4. The van der Waals surface area contributed by atoms with E-state index in [0.29, 0.717) is 36.9 Å². The normalized spacial score (nSPS) is 17.5. The molecule has 1 aliphatic heterocycles. The van der Waals surface area contributed by atoms with Crippen molar-refractivity contribution in [1.29, 1.82) is 0 Å². The number of amides is 1. The number of hydrogen-bond donors (Lipinski definition) is 0. The molecule has 1 aliphatic rings. The molecule has 0 bridgehead atoms. The van der Waals surface area contributed by atoms with Gasteiger partial charge >= 0.3 is 0 Å². The van der Waals surface area contributed by atoms with Crippen molar-refractivity contribution in [1.82, 2.24) is 19.7 Å². The number of hydrogen-bond acceptors (Lipinski definition) is 4. The van der Waals surface area contributed by atoms with Crippen LogP contribution in [0.3, 0.4) is 0 Å². The Balaban J connectivity index is 1.98. The Morgan fingerprint density at radius 2 is 2.09 bits per heavy atom. The molecular formula is C15H16F2N4O2. The number of fused-ring (bicyclic) bond motifs is 1. The summed E-state index contributed by atoms with van der Waals surface area (Å²) in [6.07, 6.45) is 0. The number of methoxy groups -OCH3 is 1. The number of aromatic nitrogens is 3. The summed E-state index contributed by atoms with van der Waals surface area (Å²) in [4.78, 5) is 14.1. The topological polar surface area (TPSA) is 60.2 Å². The minimum absolute atomic E-state index is 0.0850. The van der Waals surface area contributed by atoms with Gasteiger partial charge in [-0.05, 0) is 25.1 Å². The molecule has 0 fully saturated rings. The van der Waals surface area contributed by atoms with Crippen molar-refractivity contribution in [2.45, 2.75) is 19.5 Å². The monoisotopic (exact) mass is 322 g/mol. The molecule has 0 aliphatic carbocycles. The van der Waals surface area contributed by atoms with Crippen molar-refractivity contribution < 1.29 is 18.3 Å². The van der Waals surface area contributed by atoms with E-state index in [1.807, 2.05) is 0 Å². The third-order valence-corrected chi connectivity index (χ3v) is 3.90. The number of ether oxygens (including phenoxy) is 1. The van der Waals surface area contributed by atoms with Gasteiger partial charge in [0.2, 0.25) is 5.91 Å². The Morgan fingerprint density at radius 1 is 1.30 bits per heavy atom. The third-order valence-electron chi connectivity index (χ3n) is 3.90. The molecule has 23 heavy (non-hydrogen) atoms. The van der Waals surface area contributed by atoms with Gasteiger partial charge in [0.05, 0.1) is 13.2 Å². The average molecular weight is 322 g/mol. The van der Waals surface area contributed by atoms with Crippen LogP contribution in [-0.2, 0) is 16.1 Å². The van der Waals surface area contributed by atoms with E-state index in [1.165, 1.54) is 6.07 Å². The van der Waals surface area contributed by atoms with Crippen LogP contribution in [0.2, 0.25) is 0 Å². The molecule has 0 saturated carbocycles. The second-order valence-corrected chi connectivity index (χ2v) is 5.37. The number of halogens is 2. The minimum Gasteiger partial charge on any atom is -0.383 e. The first-order valence-electron chi connectivity index (χ1n) is 7.20. The van der Waals surface area contributed by atoms with Gasteiger partial charge in [0.1, 0.15) is 6.04 Å². The van der Waals surface area contributed by atoms with Gasteiger partial charge in [-0.2, -0.15) is 0 Å². The molecule has 2 heterocycles. The van der Waals surface area contributed by atoms with E-state index in [0.717, 1.165) is 12.1 Å². The molecule has 8 heteroatoms. The van der Waals surface area contributed by atoms with E-state index in [1.54, 1.807) is 23.5 Å². The molecule has 1 aromatic heterocycles.